The second kappa shape index (κ2) is 19.9. The lowest BCUT2D eigenvalue weighted by Crippen LogP contribution is -2.44. The van der Waals surface area contributed by atoms with Gasteiger partial charge in [-0.2, -0.15) is 18.3 Å². The van der Waals surface area contributed by atoms with Crippen LogP contribution in [-0.4, -0.2) is 98.2 Å². The summed E-state index contributed by atoms with van der Waals surface area (Å²) in [5.74, 6) is -2.55. The van der Waals surface area contributed by atoms with Gasteiger partial charge in [-0.3, -0.25) is 33.6 Å². The third kappa shape index (κ3) is 10.9. The Morgan fingerprint density at radius 3 is 2.56 bits per heavy atom. The van der Waals surface area contributed by atoms with E-state index >= 15 is 0 Å². The zero-order chi connectivity index (χ0) is 45.4. The van der Waals surface area contributed by atoms with Crippen LogP contribution in [0.25, 0.3) is 28.2 Å². The smallest absolute Gasteiger partial charge is 0.405 e. The minimum Gasteiger partial charge on any atom is -0.444 e. The van der Waals surface area contributed by atoms with E-state index in [4.69, 9.17) is 19.6 Å². The first kappa shape index (κ1) is 44.9. The maximum atomic E-state index is 13.2. The largest absolute Gasteiger partial charge is 0.444 e. The number of primary amides is 1. The van der Waals surface area contributed by atoms with Gasteiger partial charge in [0.2, 0.25) is 17.7 Å². The molecule has 1 saturated heterocycles. The number of hydrogen-bond donors (Lipinski definition) is 5. The van der Waals surface area contributed by atoms with Gasteiger partial charge in [0.15, 0.2) is 11.4 Å². The summed E-state index contributed by atoms with van der Waals surface area (Å²) in [6.45, 7) is 1.63. The fourth-order valence-corrected chi connectivity index (χ4v) is 7.11. The normalized spacial score (nSPS) is 14.2. The molecular weight excluding hydrogens is 844 g/mol. The summed E-state index contributed by atoms with van der Waals surface area (Å²) in [6.07, 6.45) is 1.13. The Balaban J connectivity index is 0.813. The number of alkyl halides is 3. The van der Waals surface area contributed by atoms with E-state index in [0.717, 1.165) is 22.9 Å². The number of pyridine rings is 1. The molecule has 4 aromatic heterocycles. The molecule has 64 heavy (non-hydrogen) atoms. The van der Waals surface area contributed by atoms with Crippen LogP contribution in [0, 0.1) is 0 Å². The van der Waals surface area contributed by atoms with Gasteiger partial charge in [0.05, 0.1) is 48.4 Å². The van der Waals surface area contributed by atoms with Gasteiger partial charge in [0.25, 0.3) is 11.8 Å². The average molecular weight is 888 g/mol. The molecule has 1 atom stereocenters. The Morgan fingerprint density at radius 1 is 1.03 bits per heavy atom. The Kier molecular flexibility index (Phi) is 14.0. The molecule has 19 nitrogen and oxygen atoms in total. The molecule has 336 valence electrons. The number of nitrogens with zero attached hydrogens (tertiary/aromatic N) is 6. The maximum absolute atomic E-state index is 13.2. The first-order chi connectivity index (χ1) is 30.8. The van der Waals surface area contributed by atoms with Crippen molar-refractivity contribution in [2.45, 2.75) is 44.4 Å². The second-order valence-electron chi connectivity index (χ2n) is 14.7. The third-order valence-corrected chi connectivity index (χ3v) is 10.2. The zero-order valence-electron chi connectivity index (χ0n) is 34.4. The third-order valence-electron chi connectivity index (χ3n) is 10.2. The van der Waals surface area contributed by atoms with Crippen molar-refractivity contribution in [2.24, 2.45) is 12.8 Å². The van der Waals surface area contributed by atoms with Gasteiger partial charge in [-0.05, 0) is 60.7 Å². The van der Waals surface area contributed by atoms with Crippen molar-refractivity contribution >= 4 is 46.2 Å². The van der Waals surface area contributed by atoms with Crippen molar-refractivity contribution in [3.05, 3.63) is 106 Å². The van der Waals surface area contributed by atoms with Gasteiger partial charge >= 0.3 is 11.9 Å². The number of aryl methyl sites for hydroxylation is 2. The molecule has 0 saturated carbocycles. The number of nitrogens with two attached hydrogens (primary N) is 1. The first-order valence-corrected chi connectivity index (χ1v) is 20.2. The second-order valence-corrected chi connectivity index (χ2v) is 14.7. The lowest BCUT2D eigenvalue weighted by atomic mass is 10.0. The summed E-state index contributed by atoms with van der Waals surface area (Å²) in [7, 11) is 1.68. The zero-order valence-corrected chi connectivity index (χ0v) is 34.4. The fraction of sp³-hybridized carbons (Fsp3) is 0.333. The van der Waals surface area contributed by atoms with Crippen molar-refractivity contribution in [1.82, 2.24) is 39.5 Å². The number of rotatable bonds is 20. The molecule has 22 heteroatoms. The predicted molar refractivity (Wildman–Crippen MR) is 225 cm³/mol. The quantitative estimate of drug-likeness (QED) is 0.0544. The van der Waals surface area contributed by atoms with E-state index in [-0.39, 0.29) is 58.8 Å². The predicted octanol–water partition coefficient (Wildman–Crippen LogP) is 3.63. The lowest BCUT2D eigenvalue weighted by molar-refractivity contribution is -0.135. The highest BCUT2D eigenvalue weighted by Gasteiger charge is 2.32. The van der Waals surface area contributed by atoms with Crippen LogP contribution in [0.15, 0.2) is 82.5 Å². The SMILES string of the molecule is Cn1c(=O)n([C@H]2CCC(=O)NC2=O)c2cccc(CCCOCCOCCNCc3ccc(-n4cc(NC(=O)c5coc(-c6ccnc(NCC(F)(F)F)c6)n5)c(C(N)=O)n4)cc3)c21. The van der Waals surface area contributed by atoms with E-state index in [0.29, 0.717) is 63.6 Å². The molecule has 1 aliphatic heterocycles. The van der Waals surface area contributed by atoms with E-state index in [1.165, 1.54) is 33.8 Å². The van der Waals surface area contributed by atoms with Gasteiger partial charge in [-0.25, -0.2) is 19.4 Å². The highest BCUT2D eigenvalue weighted by Crippen LogP contribution is 2.27. The number of hydrogen-bond acceptors (Lipinski definition) is 13. The molecule has 5 heterocycles. The molecule has 1 aliphatic rings. The van der Waals surface area contributed by atoms with Crippen LogP contribution in [0.3, 0.4) is 0 Å². The number of halogens is 3. The van der Waals surface area contributed by atoms with Gasteiger partial charge in [-0.15, -0.1) is 0 Å². The van der Waals surface area contributed by atoms with E-state index in [1.807, 2.05) is 30.3 Å². The Bertz CT molecular complexity index is 2710. The van der Waals surface area contributed by atoms with Crippen LogP contribution in [0.2, 0.25) is 0 Å². The van der Waals surface area contributed by atoms with E-state index in [2.05, 4.69) is 36.3 Å². The number of ether oxygens (including phenoxy) is 2. The minimum atomic E-state index is -4.45. The van der Waals surface area contributed by atoms with Gasteiger partial charge in [-0.1, -0.05) is 24.3 Å². The fourth-order valence-electron chi connectivity index (χ4n) is 7.11. The summed E-state index contributed by atoms with van der Waals surface area (Å²) in [6, 6.07) is 14.9. The molecule has 2 aromatic carbocycles. The van der Waals surface area contributed by atoms with Crippen molar-refractivity contribution in [3.8, 4) is 17.1 Å². The van der Waals surface area contributed by atoms with Crippen molar-refractivity contribution in [1.29, 1.82) is 0 Å². The van der Waals surface area contributed by atoms with Gasteiger partial charge < -0.3 is 35.6 Å². The van der Waals surface area contributed by atoms with Crippen LogP contribution in [0.1, 0.15) is 57.4 Å². The molecule has 6 N–H and O–H groups in total. The topological polar surface area (TPSA) is 245 Å². The number of imidazole rings is 1. The molecule has 0 spiro atoms. The molecule has 0 aliphatic carbocycles. The Hall–Kier alpha value is -7.17. The average Bonchev–Trinajstić information content (AvgIpc) is 4.00. The number of nitrogens with one attached hydrogen (secondary N) is 4. The summed E-state index contributed by atoms with van der Waals surface area (Å²) < 4.78 is 59.1. The number of fused-ring (bicyclic) bond motifs is 1. The molecule has 0 radical (unpaired) electrons. The first-order valence-electron chi connectivity index (χ1n) is 20.2. The number of carbonyl (C=O) groups is 4. The summed E-state index contributed by atoms with van der Waals surface area (Å²) in [5.41, 5.74) is 9.09. The Labute approximate surface area is 362 Å². The maximum Gasteiger partial charge on any atom is 0.405 e. The van der Waals surface area contributed by atoms with E-state index in [1.54, 1.807) is 23.7 Å². The number of anilines is 2. The monoisotopic (exact) mass is 887 g/mol. The van der Waals surface area contributed by atoms with E-state index in [9.17, 15) is 37.1 Å². The molecule has 0 bridgehead atoms. The number of imide groups is 1. The highest BCUT2D eigenvalue weighted by atomic mass is 19.4. The molecular formula is C42H44F3N11O8. The van der Waals surface area contributed by atoms with Crippen LogP contribution in [-0.2, 0) is 39.1 Å². The molecule has 0 unspecified atom stereocenters. The number of aromatic nitrogens is 6. The van der Waals surface area contributed by atoms with Crippen LogP contribution >= 0.6 is 0 Å². The van der Waals surface area contributed by atoms with Crippen molar-refractivity contribution in [2.75, 3.05) is 50.2 Å². The number of para-hydroxylation sites is 1. The lowest BCUT2D eigenvalue weighted by Gasteiger charge is -2.21. The number of carbonyl (C=O) groups excluding carboxylic acids is 4. The summed E-state index contributed by atoms with van der Waals surface area (Å²) >= 11 is 0. The van der Waals surface area contributed by atoms with Crippen molar-refractivity contribution in [3.63, 3.8) is 0 Å². The molecule has 7 rings (SSSR count). The summed E-state index contributed by atoms with van der Waals surface area (Å²) in [4.78, 5) is 70.6. The molecule has 1 fully saturated rings. The van der Waals surface area contributed by atoms with Gasteiger partial charge in [0.1, 0.15) is 24.7 Å². The van der Waals surface area contributed by atoms with Crippen LogP contribution in [0.4, 0.5) is 24.7 Å². The van der Waals surface area contributed by atoms with Crippen LogP contribution < -0.4 is 32.7 Å². The standard InChI is InChI=1S/C42H44F3N11O8/c1-54-36-26(4-2-6-31(36)56(41(54)61)32-11-12-34(57)52-39(32)60)5-3-16-62-18-19-63-17-15-47-21-25-7-9-28(10-8-25)55-22-29(35(53-55)37(46)58)50-38(59)30-23-64-40(51-30)27-13-14-48-33(20-27)49-24-42(43,44)45/h2,4,6-10,13-14,20,22-23,32,47H,3,5,11-12,15-19,21,24H2,1H3,(H2,46,58)(H,48,49)(H,50,59)(H,52,57,60)/t32-/m0/s1. The number of benzene rings is 2. The van der Waals surface area contributed by atoms with Gasteiger partial charge in [0, 0.05) is 44.9 Å². The van der Waals surface area contributed by atoms with Crippen LogP contribution in [0.5, 0.6) is 0 Å². The number of amides is 4. The summed E-state index contributed by atoms with van der Waals surface area (Å²) in [5, 5.41) is 14.6. The number of oxazole rings is 1. The van der Waals surface area contributed by atoms with E-state index < -0.39 is 36.5 Å². The minimum absolute atomic E-state index is 0.0178. The van der Waals surface area contributed by atoms with Crippen molar-refractivity contribution < 1.29 is 46.2 Å². The Morgan fingerprint density at radius 2 is 1.81 bits per heavy atom. The number of piperidine rings is 1. The molecule has 4 amide bonds. The highest BCUT2D eigenvalue weighted by molar-refractivity contribution is 6.07. The molecule has 6 aromatic rings.